The Hall–Kier alpha value is -2.25. The number of carbonyl (C=O) groups excluding carboxylic acids is 1. The van der Waals surface area contributed by atoms with Crippen molar-refractivity contribution in [1.82, 2.24) is 0 Å². The molecule has 32 heavy (non-hydrogen) atoms. The fourth-order valence-corrected chi connectivity index (χ4v) is 4.80. The van der Waals surface area contributed by atoms with Crippen molar-refractivity contribution in [2.24, 2.45) is 11.8 Å². The summed E-state index contributed by atoms with van der Waals surface area (Å²) in [5.41, 5.74) is 1.10. The van der Waals surface area contributed by atoms with Gasteiger partial charge in [0.2, 0.25) is 5.75 Å². The van der Waals surface area contributed by atoms with E-state index < -0.39 is 18.2 Å². The highest BCUT2D eigenvalue weighted by atomic mass is 16.6. The van der Waals surface area contributed by atoms with Crippen molar-refractivity contribution < 1.29 is 33.6 Å². The normalized spacial score (nSPS) is 31.7. The van der Waals surface area contributed by atoms with Crippen molar-refractivity contribution in [2.45, 2.75) is 70.9 Å². The molecule has 2 aliphatic rings. The summed E-state index contributed by atoms with van der Waals surface area (Å²) in [6.45, 7) is 8.16. The molecule has 0 amide bonds. The Morgan fingerprint density at radius 3 is 2.31 bits per heavy atom. The van der Waals surface area contributed by atoms with E-state index in [4.69, 9.17) is 23.7 Å². The monoisotopic (exact) mass is 448 g/mol. The summed E-state index contributed by atoms with van der Waals surface area (Å²) in [5.74, 6) is 0.477. The number of ether oxygens (including phenoxy) is 5. The Morgan fingerprint density at radius 1 is 1.16 bits per heavy atom. The van der Waals surface area contributed by atoms with E-state index in [0.29, 0.717) is 29.2 Å². The van der Waals surface area contributed by atoms with E-state index in [-0.39, 0.29) is 23.5 Å². The average molecular weight is 449 g/mol. The zero-order valence-electron chi connectivity index (χ0n) is 20.1. The number of rotatable bonds is 6. The maximum atomic E-state index is 13.2. The molecule has 1 fully saturated rings. The topological polar surface area (TPSA) is 86.8 Å². The number of aliphatic hydroxyl groups is 1. The summed E-state index contributed by atoms with van der Waals surface area (Å²) in [6.07, 6.45) is 3.00. The van der Waals surface area contributed by atoms with Crippen molar-refractivity contribution in [1.29, 1.82) is 0 Å². The second kappa shape index (κ2) is 9.71. The predicted molar refractivity (Wildman–Crippen MR) is 121 cm³/mol. The largest absolute Gasteiger partial charge is 0.493 e. The molecule has 1 aromatic rings. The minimum Gasteiger partial charge on any atom is -0.493 e. The lowest BCUT2D eigenvalue weighted by Gasteiger charge is -2.34. The van der Waals surface area contributed by atoms with Crippen molar-refractivity contribution in [3.63, 3.8) is 0 Å². The smallest absolute Gasteiger partial charge is 0.338 e. The highest BCUT2D eigenvalue weighted by Crippen LogP contribution is 2.47. The van der Waals surface area contributed by atoms with Gasteiger partial charge in [0.15, 0.2) is 11.5 Å². The first kappa shape index (κ1) is 24.4. The van der Waals surface area contributed by atoms with Crippen LogP contribution in [0.2, 0.25) is 0 Å². The van der Waals surface area contributed by atoms with Crippen molar-refractivity contribution in [3.8, 4) is 17.2 Å². The average Bonchev–Trinajstić information content (AvgIpc) is 3.43. The number of benzene rings is 1. The SMILES string of the molecule is COc1cc(C(=O)O[C@H]2C/C(C)=C\CC[C@]3(C)O[C@@H]3[C@H](O)[C@H]2C(C)C)cc(OC)c1OC. The van der Waals surface area contributed by atoms with Crippen LogP contribution in [0.4, 0.5) is 0 Å². The molecule has 0 spiro atoms. The van der Waals surface area contributed by atoms with Crippen LogP contribution in [0.5, 0.6) is 17.2 Å². The second-order valence-corrected chi connectivity index (χ2v) is 9.31. The highest BCUT2D eigenvalue weighted by Gasteiger charge is 2.58. The first-order valence-corrected chi connectivity index (χ1v) is 11.2. The van der Waals surface area contributed by atoms with Gasteiger partial charge in [-0.25, -0.2) is 4.79 Å². The van der Waals surface area contributed by atoms with E-state index in [1.807, 2.05) is 27.7 Å². The van der Waals surface area contributed by atoms with Crippen LogP contribution in [0, 0.1) is 11.8 Å². The fourth-order valence-electron chi connectivity index (χ4n) is 4.80. The molecule has 0 bridgehead atoms. The molecule has 0 unspecified atom stereocenters. The first-order valence-electron chi connectivity index (χ1n) is 11.2. The number of fused-ring (bicyclic) bond motifs is 1. The molecule has 0 radical (unpaired) electrons. The van der Waals surface area contributed by atoms with Gasteiger partial charge in [0.1, 0.15) is 12.2 Å². The van der Waals surface area contributed by atoms with Gasteiger partial charge in [-0.1, -0.05) is 25.5 Å². The Kier molecular flexibility index (Phi) is 7.40. The number of hydrogen-bond donors (Lipinski definition) is 1. The molecule has 7 nitrogen and oxygen atoms in total. The zero-order chi connectivity index (χ0) is 23.6. The molecule has 1 aliphatic carbocycles. The summed E-state index contributed by atoms with van der Waals surface area (Å²) in [6, 6.07) is 3.16. The van der Waals surface area contributed by atoms with Gasteiger partial charge in [-0.05, 0) is 44.7 Å². The number of methoxy groups -OCH3 is 3. The van der Waals surface area contributed by atoms with E-state index in [1.165, 1.54) is 21.3 Å². The van der Waals surface area contributed by atoms with Crippen LogP contribution in [-0.2, 0) is 9.47 Å². The highest BCUT2D eigenvalue weighted by molar-refractivity contribution is 5.91. The molecule has 5 atom stereocenters. The van der Waals surface area contributed by atoms with E-state index >= 15 is 0 Å². The maximum absolute atomic E-state index is 13.2. The Labute approximate surface area is 190 Å². The number of aliphatic hydroxyl groups excluding tert-OH is 1. The lowest BCUT2D eigenvalue weighted by atomic mass is 9.78. The standard InChI is InChI=1S/C25H36O7/c1-14(2)20-17(11-15(3)9-8-10-25(4)23(32-25)21(20)26)31-24(27)16-12-18(28-5)22(30-7)19(13-16)29-6/h9,12-14,17,20-21,23,26H,8,10-11H2,1-7H3/b15-9-/t17-,20-,21+,23+,25-/m0/s1. The molecule has 7 heteroatoms. The van der Waals surface area contributed by atoms with E-state index in [0.717, 1.165) is 18.4 Å². The van der Waals surface area contributed by atoms with Crippen LogP contribution < -0.4 is 14.2 Å². The van der Waals surface area contributed by atoms with Crippen molar-refractivity contribution in [3.05, 3.63) is 29.3 Å². The number of hydrogen-bond acceptors (Lipinski definition) is 7. The van der Waals surface area contributed by atoms with Crippen LogP contribution in [0.25, 0.3) is 0 Å². The summed E-state index contributed by atoms with van der Waals surface area (Å²) in [4.78, 5) is 13.2. The van der Waals surface area contributed by atoms with Crippen molar-refractivity contribution >= 4 is 5.97 Å². The van der Waals surface area contributed by atoms with Gasteiger partial charge in [-0.15, -0.1) is 0 Å². The molecule has 1 saturated heterocycles. The van der Waals surface area contributed by atoms with Crippen LogP contribution >= 0.6 is 0 Å². The van der Waals surface area contributed by atoms with Crippen LogP contribution in [0.15, 0.2) is 23.8 Å². The van der Waals surface area contributed by atoms with Gasteiger partial charge in [-0.2, -0.15) is 0 Å². The van der Waals surface area contributed by atoms with Crippen LogP contribution in [0.1, 0.15) is 57.3 Å². The van der Waals surface area contributed by atoms with Crippen molar-refractivity contribution in [2.75, 3.05) is 21.3 Å². The minimum atomic E-state index is -0.719. The summed E-state index contributed by atoms with van der Waals surface area (Å²) < 4.78 is 28.1. The van der Waals surface area contributed by atoms with Gasteiger partial charge in [0.05, 0.1) is 38.6 Å². The molecular weight excluding hydrogens is 412 g/mol. The zero-order valence-corrected chi connectivity index (χ0v) is 20.1. The number of esters is 1. The molecule has 1 aromatic carbocycles. The quantitative estimate of drug-likeness (QED) is 0.397. The van der Waals surface area contributed by atoms with Crippen LogP contribution in [-0.4, -0.2) is 56.3 Å². The Morgan fingerprint density at radius 2 is 1.78 bits per heavy atom. The fraction of sp³-hybridized carbons (Fsp3) is 0.640. The summed E-state index contributed by atoms with van der Waals surface area (Å²) in [7, 11) is 4.51. The van der Waals surface area contributed by atoms with Gasteiger partial charge in [0.25, 0.3) is 0 Å². The molecule has 1 N–H and O–H groups in total. The number of epoxide rings is 1. The number of carbonyl (C=O) groups is 1. The van der Waals surface area contributed by atoms with E-state index in [9.17, 15) is 9.90 Å². The minimum absolute atomic E-state index is 0.0865. The third-order valence-corrected chi connectivity index (χ3v) is 6.66. The molecule has 178 valence electrons. The molecule has 0 saturated carbocycles. The van der Waals surface area contributed by atoms with E-state index in [2.05, 4.69) is 6.08 Å². The molecule has 3 rings (SSSR count). The van der Waals surface area contributed by atoms with Gasteiger partial charge >= 0.3 is 5.97 Å². The molecule has 0 aromatic heterocycles. The van der Waals surface area contributed by atoms with E-state index in [1.54, 1.807) is 12.1 Å². The van der Waals surface area contributed by atoms with Gasteiger partial charge in [0, 0.05) is 12.3 Å². The third-order valence-electron chi connectivity index (χ3n) is 6.66. The molecular formula is C25H36O7. The maximum Gasteiger partial charge on any atom is 0.338 e. The lowest BCUT2D eigenvalue weighted by molar-refractivity contribution is -0.0419. The summed E-state index contributed by atoms with van der Waals surface area (Å²) >= 11 is 0. The summed E-state index contributed by atoms with van der Waals surface area (Å²) in [5, 5.41) is 11.2. The third kappa shape index (κ3) is 4.89. The number of allylic oxidation sites excluding steroid dienone is 1. The Balaban J connectivity index is 1.93. The second-order valence-electron chi connectivity index (χ2n) is 9.31. The molecule has 1 heterocycles. The lowest BCUT2D eigenvalue weighted by Crippen LogP contribution is -2.43. The molecule has 1 aliphatic heterocycles. The predicted octanol–water partition coefficient (Wildman–Crippen LogP) is 4.16. The van der Waals surface area contributed by atoms with Gasteiger partial charge in [-0.3, -0.25) is 0 Å². The Bertz CT molecular complexity index is 837. The van der Waals surface area contributed by atoms with Crippen LogP contribution in [0.3, 0.4) is 0 Å². The van der Waals surface area contributed by atoms with Gasteiger partial charge < -0.3 is 28.8 Å². The first-order chi connectivity index (χ1) is 15.1.